The first-order valence-electron chi connectivity index (χ1n) is 44.6. The lowest BCUT2D eigenvalue weighted by atomic mass is 9.90. The van der Waals surface area contributed by atoms with Crippen molar-refractivity contribution >= 4 is 80.8 Å². The Morgan fingerprint density at radius 2 is 0.820 bits per heavy atom. The molecule has 6 amide bonds. The van der Waals surface area contributed by atoms with E-state index in [0.717, 1.165) is 119 Å². The summed E-state index contributed by atoms with van der Waals surface area (Å²) in [5, 5.41) is 20.7. The molecule has 8 aromatic rings. The van der Waals surface area contributed by atoms with Gasteiger partial charge in [0.15, 0.2) is 0 Å². The van der Waals surface area contributed by atoms with Crippen molar-refractivity contribution in [1.82, 2.24) is 61.3 Å². The number of ether oxygens (including phenoxy) is 1. The fourth-order valence-corrected chi connectivity index (χ4v) is 18.2. The van der Waals surface area contributed by atoms with Crippen molar-refractivity contribution in [2.45, 2.75) is 164 Å². The van der Waals surface area contributed by atoms with Gasteiger partial charge in [-0.3, -0.25) is 24.0 Å². The Hall–Kier alpha value is -9.06. The first-order chi connectivity index (χ1) is 59.6. The van der Waals surface area contributed by atoms with Gasteiger partial charge in [0.2, 0.25) is 23.6 Å². The van der Waals surface area contributed by atoms with E-state index in [1.54, 1.807) is 24.3 Å². The van der Waals surface area contributed by atoms with Crippen molar-refractivity contribution in [2.75, 3.05) is 118 Å². The molecule has 8 aromatic carbocycles. The standard InChI is InChI=1S/C36H43BrN4O2.C35H44N4O3.C29H38Cl2N4O2/c37-31-17-14-28(15-18-31)16-19-35(42)38-26-32-20-25-41(36(43)34(39-32)21-24-40-22-8-3-9-23-40)27-33(29-10-4-1-5-11-29)30-12-6-2-7-13-30;40-34-33(20-23-38-21-11-4-12-22-38)37-31(25-36-35(41)42-27-28-13-5-1-6-14-28)19-24-39(34)26-32(29-15-7-2-8-16-29)30-17-9-3-10-18-30;1-2-21(22-8-4-3-5-9-22)20-35-17-12-24(19-32-28(36)23-10-11-25(30)26(31)18-23)33-27(29(35)37)13-16-34-14-6-7-15-34/h1-2,4-7,10-19,32-34,39H,3,8-9,20-27H2,(H,38,42);1-3,5-10,13-18,31-33,37H,4,11-12,19-27H2,(H,36,41);3-5,8-11,18,21,24,27,33H,2,6-7,12-17,19-20H2,1H3,(H,32,36)/b19-16+;;/t32-,34-;31-,33-;21-,24+,27+/m001/s1. The van der Waals surface area contributed by atoms with Crippen molar-refractivity contribution in [3.63, 3.8) is 0 Å². The van der Waals surface area contributed by atoms with Crippen LogP contribution in [0.25, 0.3) is 6.08 Å². The van der Waals surface area contributed by atoms with Crippen LogP contribution in [0.5, 0.6) is 0 Å². The Morgan fingerprint density at radius 3 is 1.23 bits per heavy atom. The lowest BCUT2D eigenvalue weighted by Gasteiger charge is -2.31. The first-order valence-corrected chi connectivity index (χ1v) is 46.2. The van der Waals surface area contributed by atoms with Crippen LogP contribution >= 0.6 is 39.1 Å². The summed E-state index contributed by atoms with van der Waals surface area (Å²) in [4.78, 5) is 93.5. The molecule has 6 heterocycles. The van der Waals surface area contributed by atoms with Crippen LogP contribution in [0.3, 0.4) is 0 Å². The molecule has 122 heavy (non-hydrogen) atoms. The van der Waals surface area contributed by atoms with Gasteiger partial charge in [0.1, 0.15) is 6.61 Å². The maximum Gasteiger partial charge on any atom is 0.407 e. The smallest absolute Gasteiger partial charge is 0.407 e. The van der Waals surface area contributed by atoms with Crippen LogP contribution in [-0.2, 0) is 30.5 Å². The Labute approximate surface area is 742 Å². The molecule has 6 fully saturated rings. The van der Waals surface area contributed by atoms with Gasteiger partial charge in [-0.15, -0.1) is 0 Å². The number of amides is 6. The highest BCUT2D eigenvalue weighted by Gasteiger charge is 2.37. The molecule has 6 N–H and O–H groups in total. The van der Waals surface area contributed by atoms with Gasteiger partial charge >= 0.3 is 6.09 Å². The van der Waals surface area contributed by atoms with Crippen molar-refractivity contribution in [3.05, 3.63) is 290 Å². The highest BCUT2D eigenvalue weighted by atomic mass is 79.9. The number of hydrogen-bond donors (Lipinski definition) is 6. The Bertz CT molecular complexity index is 4440. The van der Waals surface area contributed by atoms with Gasteiger partial charge in [0.25, 0.3) is 5.91 Å². The predicted octanol–water partition coefficient (Wildman–Crippen LogP) is 16.0. The third kappa shape index (κ3) is 29.3. The number of nitrogens with one attached hydrogen (secondary N) is 6. The molecule has 6 saturated heterocycles. The van der Waals surface area contributed by atoms with Gasteiger partial charge in [-0.05, 0) is 198 Å². The third-order valence-corrected chi connectivity index (χ3v) is 26.0. The van der Waals surface area contributed by atoms with Crippen molar-refractivity contribution in [2.24, 2.45) is 0 Å². The van der Waals surface area contributed by atoms with Crippen LogP contribution in [0.1, 0.15) is 170 Å². The molecule has 0 bridgehead atoms. The van der Waals surface area contributed by atoms with Crippen molar-refractivity contribution in [3.8, 4) is 0 Å². The number of carbonyl (C=O) groups excluding carboxylic acids is 6. The summed E-state index contributed by atoms with van der Waals surface area (Å²) in [5.74, 6) is 0.639. The molecule has 0 aromatic heterocycles. The minimum absolute atomic E-state index is 0.000974. The Morgan fingerprint density at radius 1 is 0.443 bits per heavy atom. The minimum Gasteiger partial charge on any atom is -0.445 e. The zero-order valence-corrected chi connectivity index (χ0v) is 74.0. The summed E-state index contributed by atoms with van der Waals surface area (Å²) in [5.41, 5.74) is 8.50. The average molecular weight is 1760 g/mol. The number of alkyl carbamates (subject to hydrolysis) is 1. The maximum absolute atomic E-state index is 14.1. The Kier molecular flexibility index (Phi) is 37.3. The van der Waals surface area contributed by atoms with E-state index in [0.29, 0.717) is 80.4 Å². The summed E-state index contributed by atoms with van der Waals surface area (Å²) in [6.07, 6.45) is 18.5. The van der Waals surface area contributed by atoms with Crippen LogP contribution in [-0.4, -0.2) is 219 Å². The number of benzene rings is 8. The number of rotatable bonds is 32. The number of likely N-dealkylation sites (tertiary alicyclic amines) is 3. The summed E-state index contributed by atoms with van der Waals surface area (Å²) in [6.45, 7) is 17.0. The van der Waals surface area contributed by atoms with Gasteiger partial charge in [-0.1, -0.05) is 253 Å². The van der Waals surface area contributed by atoms with Crippen LogP contribution in [0.2, 0.25) is 10.0 Å². The number of halogens is 3. The molecule has 6 aliphatic heterocycles. The second-order valence-electron chi connectivity index (χ2n) is 33.4. The minimum atomic E-state index is -0.439. The maximum atomic E-state index is 14.1. The SMILES string of the molecule is CC[C@H](CN1CC[C@@H](CNC(=O)c2ccc(Cl)c(Cl)c2)N[C@@H](CCN2CCCC2)C1=O)c1ccccc1.O=C(/C=C/c1ccc(Br)cc1)NC[C@@H]1CCN(CC(c2ccccc2)c2ccccc2)C(=O)[C@H](CCN2CCCCC2)N1.O=C(NC[C@@H]1CCN(CC(c2ccccc2)c2ccccc2)C(=O)[C@H](CCN2CCCCC2)N1)OCc1ccccc1. The lowest BCUT2D eigenvalue weighted by Crippen LogP contribution is -2.50. The number of carbonyl (C=O) groups is 6. The molecule has 0 unspecified atom stereocenters. The Balaban J connectivity index is 0.000000168. The van der Waals surface area contributed by atoms with E-state index in [4.69, 9.17) is 27.9 Å². The van der Waals surface area contributed by atoms with Gasteiger partial charge in [0.05, 0.1) is 28.2 Å². The molecular weight excluding hydrogens is 1630 g/mol. The molecule has 648 valence electrons. The van der Waals surface area contributed by atoms with E-state index >= 15 is 0 Å². The molecule has 7 atom stereocenters. The zero-order chi connectivity index (χ0) is 85.0. The monoisotopic (exact) mass is 1750 g/mol. The third-order valence-electron chi connectivity index (χ3n) is 24.7. The van der Waals surface area contributed by atoms with Gasteiger partial charge in [0, 0.05) is 131 Å². The summed E-state index contributed by atoms with van der Waals surface area (Å²) in [7, 11) is 0. The molecule has 0 aliphatic carbocycles. The topological polar surface area (TPSA) is 203 Å². The van der Waals surface area contributed by atoms with Crippen molar-refractivity contribution < 1.29 is 33.5 Å². The highest BCUT2D eigenvalue weighted by Crippen LogP contribution is 2.31. The van der Waals surface area contributed by atoms with E-state index in [-0.39, 0.29) is 84.2 Å². The largest absolute Gasteiger partial charge is 0.445 e. The van der Waals surface area contributed by atoms with E-state index in [1.165, 1.54) is 79.2 Å². The van der Waals surface area contributed by atoms with Crippen LogP contribution < -0.4 is 31.9 Å². The molecular formula is C100H125BrCl2N12O7. The van der Waals surface area contributed by atoms with E-state index in [2.05, 4.69) is 196 Å². The zero-order valence-electron chi connectivity index (χ0n) is 70.9. The van der Waals surface area contributed by atoms with Gasteiger partial charge in [-0.25, -0.2) is 4.79 Å². The predicted molar refractivity (Wildman–Crippen MR) is 494 cm³/mol. The lowest BCUT2D eigenvalue weighted by molar-refractivity contribution is -0.134. The second-order valence-corrected chi connectivity index (χ2v) is 35.1. The quantitative estimate of drug-likeness (QED) is 0.0218. The van der Waals surface area contributed by atoms with Gasteiger partial charge in [-0.2, -0.15) is 0 Å². The van der Waals surface area contributed by atoms with Crippen molar-refractivity contribution in [1.29, 1.82) is 0 Å². The number of piperidine rings is 2. The van der Waals surface area contributed by atoms with E-state index in [1.807, 2.05) is 101 Å². The molecule has 0 spiro atoms. The molecule has 6 aliphatic rings. The van der Waals surface area contributed by atoms with E-state index in [9.17, 15) is 28.8 Å². The van der Waals surface area contributed by atoms with Gasteiger partial charge < -0.3 is 66.0 Å². The van der Waals surface area contributed by atoms with E-state index < -0.39 is 6.09 Å². The molecule has 19 nitrogen and oxygen atoms in total. The fourth-order valence-electron chi connectivity index (χ4n) is 17.6. The van der Waals surface area contributed by atoms with Crippen LogP contribution in [0, 0.1) is 0 Å². The molecule has 14 rings (SSSR count). The number of hydrogen-bond acceptors (Lipinski definition) is 13. The fraction of sp³-hybridized carbons (Fsp3) is 0.440. The van der Waals surface area contributed by atoms with Crippen LogP contribution in [0.4, 0.5) is 4.79 Å². The highest BCUT2D eigenvalue weighted by molar-refractivity contribution is 9.10. The molecule has 0 radical (unpaired) electrons. The summed E-state index contributed by atoms with van der Waals surface area (Å²) in [6, 6.07) is 74.0. The average Bonchev–Trinajstić information content (AvgIpc) is 1.40. The first kappa shape index (κ1) is 92.1. The van der Waals surface area contributed by atoms with Crippen LogP contribution in [0.15, 0.2) is 235 Å². The summed E-state index contributed by atoms with van der Waals surface area (Å²) >= 11 is 15.5. The molecule has 0 saturated carbocycles. The molecule has 22 heteroatoms. The summed E-state index contributed by atoms with van der Waals surface area (Å²) < 4.78 is 6.44. The number of nitrogens with zero attached hydrogens (tertiary/aromatic N) is 6. The second kappa shape index (κ2) is 49.4. The normalized spacial score (nSPS) is 20.4.